The number of hydrogen-bond acceptors (Lipinski definition) is 3. The fourth-order valence-corrected chi connectivity index (χ4v) is 3.90. The number of hydrogen-bond donors (Lipinski definition) is 3. The van der Waals surface area contributed by atoms with E-state index in [9.17, 15) is 9.90 Å². The summed E-state index contributed by atoms with van der Waals surface area (Å²) in [6, 6.07) is 20.1. The summed E-state index contributed by atoms with van der Waals surface area (Å²) in [5.74, 6) is -0.216. The van der Waals surface area contributed by atoms with E-state index in [-0.39, 0.29) is 0 Å². The smallest absolute Gasteiger partial charge is 0.321 e. The SMILES string of the molecule is O=C(O)C(Cc1c[nH]c2ccccc12)NCc1ccccc1OCc1ccc(Cl)c(Cl)c1. The third-order valence-corrected chi connectivity index (χ3v) is 6.03. The molecule has 0 saturated carbocycles. The highest BCUT2D eigenvalue weighted by molar-refractivity contribution is 6.42. The minimum Gasteiger partial charge on any atom is -0.489 e. The number of rotatable bonds is 9. The van der Waals surface area contributed by atoms with Gasteiger partial charge in [-0.25, -0.2) is 0 Å². The maximum Gasteiger partial charge on any atom is 0.321 e. The molecule has 0 aliphatic carbocycles. The normalized spacial score (nSPS) is 12.1. The Morgan fingerprint density at radius 2 is 1.78 bits per heavy atom. The zero-order chi connectivity index (χ0) is 22.5. The van der Waals surface area contributed by atoms with Crippen LogP contribution in [0.4, 0.5) is 0 Å². The van der Waals surface area contributed by atoms with Crippen molar-refractivity contribution in [2.75, 3.05) is 0 Å². The molecule has 5 nitrogen and oxygen atoms in total. The second-order valence-electron chi connectivity index (χ2n) is 7.48. The van der Waals surface area contributed by atoms with Crippen LogP contribution in [0.2, 0.25) is 10.0 Å². The van der Waals surface area contributed by atoms with Gasteiger partial charge >= 0.3 is 5.97 Å². The van der Waals surface area contributed by atoms with Crippen LogP contribution in [0.5, 0.6) is 5.75 Å². The minimum atomic E-state index is -0.899. The summed E-state index contributed by atoms with van der Waals surface area (Å²) in [5.41, 5.74) is 3.72. The minimum absolute atomic E-state index is 0.325. The number of fused-ring (bicyclic) bond motifs is 1. The summed E-state index contributed by atoms with van der Waals surface area (Å²) in [6.07, 6.45) is 2.24. The molecule has 0 fully saturated rings. The third kappa shape index (κ3) is 5.25. The van der Waals surface area contributed by atoms with E-state index in [1.165, 1.54) is 0 Å². The molecular weight excluding hydrogens is 447 g/mol. The number of para-hydroxylation sites is 2. The quantitative estimate of drug-likeness (QED) is 0.288. The van der Waals surface area contributed by atoms with Crippen molar-refractivity contribution in [3.8, 4) is 5.75 Å². The number of carboxylic acid groups (broad SMARTS) is 1. The van der Waals surface area contributed by atoms with E-state index in [1.54, 1.807) is 12.1 Å². The molecule has 0 amide bonds. The first-order valence-electron chi connectivity index (χ1n) is 10.2. The van der Waals surface area contributed by atoms with Crippen molar-refractivity contribution in [3.63, 3.8) is 0 Å². The van der Waals surface area contributed by atoms with Crippen LogP contribution in [0.3, 0.4) is 0 Å². The van der Waals surface area contributed by atoms with Crippen molar-refractivity contribution < 1.29 is 14.6 Å². The number of aromatic nitrogens is 1. The predicted molar refractivity (Wildman–Crippen MR) is 128 cm³/mol. The Kier molecular flexibility index (Phi) is 7.00. The maximum absolute atomic E-state index is 11.9. The Morgan fingerprint density at radius 3 is 2.59 bits per heavy atom. The first-order chi connectivity index (χ1) is 15.5. The van der Waals surface area contributed by atoms with Gasteiger partial charge < -0.3 is 14.8 Å². The van der Waals surface area contributed by atoms with Crippen LogP contribution < -0.4 is 10.1 Å². The predicted octanol–water partition coefficient (Wildman–Crippen LogP) is 5.84. The Labute approximate surface area is 195 Å². The summed E-state index contributed by atoms with van der Waals surface area (Å²) in [4.78, 5) is 15.1. The lowest BCUT2D eigenvalue weighted by atomic mass is 10.0. The highest BCUT2D eigenvalue weighted by Crippen LogP contribution is 2.25. The lowest BCUT2D eigenvalue weighted by Crippen LogP contribution is -2.38. The molecule has 4 aromatic rings. The monoisotopic (exact) mass is 468 g/mol. The summed E-state index contributed by atoms with van der Waals surface area (Å²) in [5, 5.41) is 14.9. The van der Waals surface area contributed by atoms with Crippen LogP contribution in [0.15, 0.2) is 72.9 Å². The molecule has 0 bridgehead atoms. The van der Waals surface area contributed by atoms with Crippen LogP contribution in [-0.4, -0.2) is 22.1 Å². The third-order valence-electron chi connectivity index (χ3n) is 5.29. The second kappa shape index (κ2) is 10.1. The highest BCUT2D eigenvalue weighted by Gasteiger charge is 2.20. The molecule has 0 aliphatic rings. The first kappa shape index (κ1) is 22.2. The van der Waals surface area contributed by atoms with E-state index >= 15 is 0 Å². The van der Waals surface area contributed by atoms with E-state index in [2.05, 4.69) is 10.3 Å². The van der Waals surface area contributed by atoms with Gasteiger partial charge in [-0.1, -0.05) is 65.7 Å². The average molecular weight is 469 g/mol. The van der Waals surface area contributed by atoms with Crippen molar-refractivity contribution in [2.24, 2.45) is 0 Å². The molecule has 0 radical (unpaired) electrons. The van der Waals surface area contributed by atoms with Gasteiger partial charge in [-0.05, 0) is 35.4 Å². The lowest BCUT2D eigenvalue weighted by Gasteiger charge is -2.17. The first-order valence-corrected chi connectivity index (χ1v) is 10.9. The zero-order valence-corrected chi connectivity index (χ0v) is 18.7. The summed E-state index contributed by atoms with van der Waals surface area (Å²) in [7, 11) is 0. The Hall–Kier alpha value is -2.99. The fraction of sp³-hybridized carbons (Fsp3) is 0.160. The standard InChI is InChI=1S/C25H22Cl2N2O3/c26-20-10-9-16(11-21(20)27)15-32-24-8-4-1-5-17(24)13-29-23(25(30)31)12-18-14-28-22-7-3-2-6-19(18)22/h1-11,14,23,28-29H,12-13,15H2,(H,30,31). The topological polar surface area (TPSA) is 74.3 Å². The fourth-order valence-electron chi connectivity index (χ4n) is 3.58. The van der Waals surface area contributed by atoms with Crippen molar-refractivity contribution in [2.45, 2.75) is 25.6 Å². The van der Waals surface area contributed by atoms with Gasteiger partial charge in [0.25, 0.3) is 0 Å². The van der Waals surface area contributed by atoms with Crippen LogP contribution in [0.1, 0.15) is 16.7 Å². The zero-order valence-electron chi connectivity index (χ0n) is 17.1. The molecule has 3 aromatic carbocycles. The molecule has 164 valence electrons. The number of aromatic amines is 1. The highest BCUT2D eigenvalue weighted by atomic mass is 35.5. The largest absolute Gasteiger partial charge is 0.489 e. The van der Waals surface area contributed by atoms with Crippen molar-refractivity contribution in [1.82, 2.24) is 10.3 Å². The molecule has 0 aliphatic heterocycles. The number of halogens is 2. The second-order valence-corrected chi connectivity index (χ2v) is 8.29. The summed E-state index contributed by atoms with van der Waals surface area (Å²) < 4.78 is 5.98. The van der Waals surface area contributed by atoms with Crippen LogP contribution >= 0.6 is 23.2 Å². The molecule has 1 unspecified atom stereocenters. The van der Waals surface area contributed by atoms with E-state index in [4.69, 9.17) is 27.9 Å². The Morgan fingerprint density at radius 1 is 1.00 bits per heavy atom. The van der Waals surface area contributed by atoms with Gasteiger partial charge in [-0.3, -0.25) is 10.1 Å². The molecule has 3 N–H and O–H groups in total. The molecule has 0 spiro atoms. The molecule has 1 heterocycles. The van der Waals surface area contributed by atoms with E-state index < -0.39 is 12.0 Å². The maximum atomic E-state index is 11.9. The number of benzene rings is 3. The number of aliphatic carboxylic acids is 1. The van der Waals surface area contributed by atoms with Gasteiger partial charge in [0.1, 0.15) is 18.4 Å². The molecule has 0 saturated heterocycles. The van der Waals surface area contributed by atoms with Gasteiger partial charge in [0, 0.05) is 35.6 Å². The lowest BCUT2D eigenvalue weighted by molar-refractivity contribution is -0.139. The number of carbonyl (C=O) groups is 1. The molecule has 32 heavy (non-hydrogen) atoms. The Bertz CT molecular complexity index is 1240. The molecular formula is C25H22Cl2N2O3. The number of H-pyrrole nitrogens is 1. The van der Waals surface area contributed by atoms with Crippen LogP contribution in [0.25, 0.3) is 10.9 Å². The van der Waals surface area contributed by atoms with Crippen molar-refractivity contribution in [3.05, 3.63) is 99.7 Å². The van der Waals surface area contributed by atoms with Crippen LogP contribution in [0, 0.1) is 0 Å². The van der Waals surface area contributed by atoms with Crippen molar-refractivity contribution in [1.29, 1.82) is 0 Å². The number of ether oxygens (including phenoxy) is 1. The number of carboxylic acids is 1. The Balaban J connectivity index is 1.43. The molecule has 1 atom stereocenters. The van der Waals surface area contributed by atoms with Crippen LogP contribution in [-0.2, 0) is 24.4 Å². The average Bonchev–Trinajstić information content (AvgIpc) is 3.20. The van der Waals surface area contributed by atoms with Gasteiger partial charge in [0.05, 0.1) is 10.0 Å². The van der Waals surface area contributed by atoms with E-state index in [1.807, 2.05) is 60.8 Å². The van der Waals surface area contributed by atoms with E-state index in [0.29, 0.717) is 35.4 Å². The van der Waals surface area contributed by atoms with Gasteiger partial charge in [-0.15, -0.1) is 0 Å². The van der Waals surface area contributed by atoms with Gasteiger partial charge in [0.15, 0.2) is 0 Å². The summed E-state index contributed by atoms with van der Waals surface area (Å²) in [6.45, 7) is 0.683. The van der Waals surface area contributed by atoms with Gasteiger partial charge in [-0.2, -0.15) is 0 Å². The van der Waals surface area contributed by atoms with Gasteiger partial charge in [0.2, 0.25) is 0 Å². The number of nitrogens with one attached hydrogen (secondary N) is 2. The molecule has 4 rings (SSSR count). The van der Waals surface area contributed by atoms with Crippen molar-refractivity contribution >= 4 is 40.1 Å². The van der Waals surface area contributed by atoms with E-state index in [0.717, 1.165) is 27.6 Å². The summed E-state index contributed by atoms with van der Waals surface area (Å²) >= 11 is 12.1. The molecule has 7 heteroatoms. The molecule has 1 aromatic heterocycles.